The molecule has 1 fully saturated rings. The van der Waals surface area contributed by atoms with E-state index in [1.54, 1.807) is 0 Å². The summed E-state index contributed by atoms with van der Waals surface area (Å²) in [5.41, 5.74) is 0.684. The largest absolute Gasteiger partial charge is 0.454 e. The van der Waals surface area contributed by atoms with Crippen molar-refractivity contribution < 1.29 is 23.9 Å². The third-order valence-electron chi connectivity index (χ3n) is 4.87. The van der Waals surface area contributed by atoms with Gasteiger partial charge in [-0.1, -0.05) is 31.2 Å². The molecule has 1 spiro atoms. The molecule has 4 amide bonds. The van der Waals surface area contributed by atoms with Crippen LogP contribution < -0.4 is 10.6 Å². The van der Waals surface area contributed by atoms with E-state index in [1.807, 2.05) is 31.2 Å². The quantitative estimate of drug-likeness (QED) is 0.568. The van der Waals surface area contributed by atoms with E-state index in [9.17, 15) is 19.2 Å². The number of amides is 4. The van der Waals surface area contributed by atoms with Crippen molar-refractivity contribution >= 4 is 23.8 Å². The van der Waals surface area contributed by atoms with Crippen LogP contribution in [0.25, 0.3) is 0 Å². The Labute approximate surface area is 157 Å². The number of carbonyl (C=O) groups is 4. The standard InChI is InChI=1S/C19H23N3O5/c1-2-10-20-15(23)12-27-16(24)11-22-17(25)19(21-18(22)26)9-5-7-13-6-3-4-8-14(13)19/h3-4,6,8H,2,5,7,9-12H2,1H3,(H,20,23)(H,21,26)/t19-/m0/s1. The highest BCUT2D eigenvalue weighted by atomic mass is 16.5. The Balaban J connectivity index is 1.67. The third kappa shape index (κ3) is 3.65. The number of ether oxygens (including phenoxy) is 1. The molecule has 1 aliphatic carbocycles. The predicted molar refractivity (Wildman–Crippen MR) is 95.6 cm³/mol. The van der Waals surface area contributed by atoms with Gasteiger partial charge in [-0.3, -0.25) is 19.3 Å². The third-order valence-corrected chi connectivity index (χ3v) is 4.87. The summed E-state index contributed by atoms with van der Waals surface area (Å²) in [4.78, 5) is 49.8. The Bertz CT molecular complexity index is 778. The molecule has 0 radical (unpaired) electrons. The maximum atomic E-state index is 13.0. The second-order valence-corrected chi connectivity index (χ2v) is 6.75. The van der Waals surface area contributed by atoms with Crippen LogP contribution in [0.4, 0.5) is 4.79 Å². The normalized spacial score (nSPS) is 21.0. The fourth-order valence-corrected chi connectivity index (χ4v) is 3.59. The maximum Gasteiger partial charge on any atom is 0.326 e. The van der Waals surface area contributed by atoms with E-state index in [1.165, 1.54) is 0 Å². The van der Waals surface area contributed by atoms with Crippen molar-refractivity contribution in [2.24, 2.45) is 0 Å². The lowest BCUT2D eigenvalue weighted by Gasteiger charge is -2.33. The van der Waals surface area contributed by atoms with Crippen LogP contribution in [0.2, 0.25) is 0 Å². The summed E-state index contributed by atoms with van der Waals surface area (Å²) in [7, 11) is 0. The molecule has 8 heteroatoms. The predicted octanol–water partition coefficient (Wildman–Crippen LogP) is 0.839. The molecule has 144 valence electrons. The molecule has 8 nitrogen and oxygen atoms in total. The van der Waals surface area contributed by atoms with Gasteiger partial charge >= 0.3 is 12.0 Å². The second kappa shape index (κ2) is 7.77. The number of rotatable bonds is 6. The van der Waals surface area contributed by atoms with Gasteiger partial charge in [0.15, 0.2) is 6.61 Å². The van der Waals surface area contributed by atoms with Gasteiger partial charge in [-0.2, -0.15) is 0 Å². The van der Waals surface area contributed by atoms with Gasteiger partial charge in [0.25, 0.3) is 11.8 Å². The summed E-state index contributed by atoms with van der Waals surface area (Å²) < 4.78 is 4.88. The highest BCUT2D eigenvalue weighted by Gasteiger charge is 2.54. The van der Waals surface area contributed by atoms with E-state index in [4.69, 9.17) is 4.74 Å². The first-order chi connectivity index (χ1) is 13.0. The molecule has 0 bridgehead atoms. The maximum absolute atomic E-state index is 13.0. The Hall–Kier alpha value is -2.90. The van der Waals surface area contributed by atoms with Gasteiger partial charge in [0.1, 0.15) is 12.1 Å². The van der Waals surface area contributed by atoms with Crippen LogP contribution in [-0.4, -0.2) is 48.4 Å². The molecule has 0 aromatic heterocycles. The summed E-state index contributed by atoms with van der Waals surface area (Å²) in [6.07, 6.45) is 2.86. The molecule has 1 atom stereocenters. The van der Waals surface area contributed by atoms with E-state index in [0.717, 1.165) is 35.3 Å². The molecule has 1 heterocycles. The van der Waals surface area contributed by atoms with Crippen LogP contribution in [0, 0.1) is 0 Å². The van der Waals surface area contributed by atoms with Crippen LogP contribution in [-0.2, 0) is 31.1 Å². The molecule has 3 rings (SSSR count). The minimum absolute atomic E-state index is 0.417. The molecule has 0 saturated carbocycles. The number of nitrogens with zero attached hydrogens (tertiary/aromatic N) is 1. The number of hydrogen-bond donors (Lipinski definition) is 2. The molecule has 27 heavy (non-hydrogen) atoms. The number of imide groups is 1. The summed E-state index contributed by atoms with van der Waals surface area (Å²) in [5, 5.41) is 5.35. The Morgan fingerprint density at radius 3 is 2.85 bits per heavy atom. The van der Waals surface area contributed by atoms with Gasteiger partial charge in [0.2, 0.25) is 0 Å². The first-order valence-electron chi connectivity index (χ1n) is 9.12. The lowest BCUT2D eigenvalue weighted by Crippen LogP contribution is -2.46. The number of fused-ring (bicyclic) bond motifs is 2. The van der Waals surface area contributed by atoms with E-state index in [-0.39, 0.29) is 0 Å². The van der Waals surface area contributed by atoms with E-state index < -0.39 is 42.5 Å². The Kier molecular flexibility index (Phi) is 5.43. The fourth-order valence-electron chi connectivity index (χ4n) is 3.59. The van der Waals surface area contributed by atoms with Crippen molar-refractivity contribution in [3.8, 4) is 0 Å². The van der Waals surface area contributed by atoms with E-state index in [0.29, 0.717) is 13.0 Å². The van der Waals surface area contributed by atoms with Gasteiger partial charge in [-0.15, -0.1) is 0 Å². The number of aryl methyl sites for hydroxylation is 1. The Morgan fingerprint density at radius 2 is 2.07 bits per heavy atom. The molecule has 1 aliphatic heterocycles. The molecule has 1 aromatic carbocycles. The summed E-state index contributed by atoms with van der Waals surface area (Å²) >= 11 is 0. The van der Waals surface area contributed by atoms with Crippen molar-refractivity contribution in [2.75, 3.05) is 19.7 Å². The number of hydrogen-bond acceptors (Lipinski definition) is 5. The number of urea groups is 1. The average molecular weight is 373 g/mol. The van der Waals surface area contributed by atoms with Crippen LogP contribution in [0.3, 0.4) is 0 Å². The first-order valence-corrected chi connectivity index (χ1v) is 9.12. The smallest absolute Gasteiger partial charge is 0.326 e. The lowest BCUT2D eigenvalue weighted by molar-refractivity contribution is -0.151. The average Bonchev–Trinajstić information content (AvgIpc) is 2.90. The zero-order valence-electron chi connectivity index (χ0n) is 15.2. The summed E-state index contributed by atoms with van der Waals surface area (Å²) in [6.45, 7) is 1.45. The van der Waals surface area contributed by atoms with Crippen LogP contribution in [0.1, 0.15) is 37.3 Å². The van der Waals surface area contributed by atoms with Crippen molar-refractivity contribution in [1.82, 2.24) is 15.5 Å². The minimum Gasteiger partial charge on any atom is -0.454 e. The van der Waals surface area contributed by atoms with Crippen molar-refractivity contribution in [3.05, 3.63) is 35.4 Å². The zero-order chi connectivity index (χ0) is 19.4. The van der Waals surface area contributed by atoms with Crippen molar-refractivity contribution in [1.29, 1.82) is 0 Å². The van der Waals surface area contributed by atoms with E-state index >= 15 is 0 Å². The molecule has 2 aliphatic rings. The van der Waals surface area contributed by atoms with Crippen LogP contribution >= 0.6 is 0 Å². The fraction of sp³-hybridized carbons (Fsp3) is 0.474. The molecule has 2 N–H and O–H groups in total. The van der Waals surface area contributed by atoms with Gasteiger partial charge < -0.3 is 15.4 Å². The monoisotopic (exact) mass is 373 g/mol. The van der Waals surface area contributed by atoms with Gasteiger partial charge in [0.05, 0.1) is 0 Å². The zero-order valence-corrected chi connectivity index (χ0v) is 15.2. The molecular weight excluding hydrogens is 350 g/mol. The van der Waals surface area contributed by atoms with Crippen molar-refractivity contribution in [2.45, 2.75) is 38.1 Å². The van der Waals surface area contributed by atoms with E-state index in [2.05, 4.69) is 10.6 Å². The number of nitrogens with one attached hydrogen (secondary N) is 2. The molecule has 1 aromatic rings. The number of benzene rings is 1. The van der Waals surface area contributed by atoms with Gasteiger partial charge in [0, 0.05) is 6.54 Å². The summed E-state index contributed by atoms with van der Waals surface area (Å²) in [5.74, 6) is -1.67. The van der Waals surface area contributed by atoms with Crippen LogP contribution in [0.15, 0.2) is 24.3 Å². The van der Waals surface area contributed by atoms with Crippen molar-refractivity contribution in [3.63, 3.8) is 0 Å². The van der Waals surface area contributed by atoms with Gasteiger partial charge in [-0.05, 0) is 36.8 Å². The summed E-state index contributed by atoms with van der Waals surface area (Å²) in [6, 6.07) is 6.90. The first kappa shape index (κ1) is 18.9. The topological polar surface area (TPSA) is 105 Å². The molecule has 0 unspecified atom stereocenters. The molecule has 1 saturated heterocycles. The second-order valence-electron chi connectivity index (χ2n) is 6.75. The lowest BCUT2D eigenvalue weighted by atomic mass is 9.76. The Morgan fingerprint density at radius 1 is 1.30 bits per heavy atom. The highest BCUT2D eigenvalue weighted by molar-refractivity contribution is 6.09. The molecular formula is C19H23N3O5. The minimum atomic E-state index is -1.12. The number of esters is 1. The SMILES string of the molecule is CCCNC(=O)COC(=O)CN1C(=O)N[C@]2(CCCc3ccccc32)C1=O. The number of carbonyl (C=O) groups excluding carboxylic acids is 4. The highest BCUT2D eigenvalue weighted by Crippen LogP contribution is 2.39. The van der Waals surface area contributed by atoms with Gasteiger partial charge in [-0.25, -0.2) is 4.79 Å². The van der Waals surface area contributed by atoms with Crippen LogP contribution in [0.5, 0.6) is 0 Å².